The largest absolute Gasteiger partial charge is 0.380 e. The Balaban J connectivity index is 0. The molecule has 0 aromatic rings. The third kappa shape index (κ3) is 44.2. The fraction of sp³-hybridized carbons (Fsp3) is 1.00. The van der Waals surface area contributed by atoms with Gasteiger partial charge in [0.2, 0.25) is 0 Å². The fourth-order valence-corrected chi connectivity index (χ4v) is 11.9. The maximum absolute atomic E-state index is 11.2. The van der Waals surface area contributed by atoms with E-state index in [0.29, 0.717) is 6.61 Å². The number of hydrogen-bond acceptors (Lipinski definition) is 15. The zero-order valence-corrected chi connectivity index (χ0v) is 39.9. The van der Waals surface area contributed by atoms with E-state index in [1.54, 1.807) is 6.92 Å². The van der Waals surface area contributed by atoms with Gasteiger partial charge in [0.05, 0.1) is 25.9 Å². The minimum absolute atomic E-state index is 0.0216. The SMILES string of the molecule is CC(COC(C)CN(CP(=O)(O)O)CP(=O)(O)O)CN(CP(=O)(O)O)CP(=O)(O)O.CCCOCCN(CP(=O)(O)O)CP(=O)(O)O.O=P(O)(O)CN1CCOP(=O)(O)C1. The highest BCUT2D eigenvalue weighted by atomic mass is 31.2. The Bertz CT molecular complexity index is 1500. The van der Waals surface area contributed by atoms with E-state index in [0.717, 1.165) is 21.1 Å². The average Bonchev–Trinajstić information content (AvgIpc) is 2.92. The molecule has 1 saturated heterocycles. The molecule has 0 aliphatic carbocycles. The third-order valence-corrected chi connectivity index (χ3v) is 13.1. The summed E-state index contributed by atoms with van der Waals surface area (Å²) in [5, 5.41) is 0. The van der Waals surface area contributed by atoms with E-state index in [4.69, 9.17) is 82.9 Å². The molecule has 0 aromatic carbocycles. The maximum Gasteiger partial charge on any atom is 0.342 e. The van der Waals surface area contributed by atoms with Crippen molar-refractivity contribution in [2.24, 2.45) is 5.92 Å². The van der Waals surface area contributed by atoms with Crippen molar-refractivity contribution in [3.05, 3.63) is 0 Å². The van der Waals surface area contributed by atoms with Crippen LogP contribution in [0.5, 0.6) is 0 Å². The van der Waals surface area contributed by atoms with Gasteiger partial charge < -0.3 is 87.4 Å². The molecular formula is C22H60N4O26P8. The second-order valence-electron chi connectivity index (χ2n) is 13.6. The van der Waals surface area contributed by atoms with E-state index in [1.165, 1.54) is 11.8 Å². The summed E-state index contributed by atoms with van der Waals surface area (Å²) in [6.45, 7) is 5.59. The van der Waals surface area contributed by atoms with E-state index in [2.05, 4.69) is 4.52 Å². The summed E-state index contributed by atoms with van der Waals surface area (Å²) in [6.07, 6.45) is -5.63. The maximum atomic E-state index is 11.2. The molecule has 1 aliphatic rings. The topological polar surface area (TPSA) is 481 Å². The zero-order valence-electron chi connectivity index (χ0n) is 32.7. The number of ether oxygens (including phenoxy) is 2. The molecule has 0 aromatic heterocycles. The highest BCUT2D eigenvalue weighted by Crippen LogP contribution is 2.47. The van der Waals surface area contributed by atoms with Crippen LogP contribution in [0.3, 0.4) is 0 Å². The predicted molar refractivity (Wildman–Crippen MR) is 212 cm³/mol. The monoisotopic (exact) mass is 1040 g/mol. The fourth-order valence-electron chi connectivity index (χ4n) is 4.80. The van der Waals surface area contributed by atoms with Crippen LogP contribution in [0.15, 0.2) is 0 Å². The van der Waals surface area contributed by atoms with Crippen LogP contribution in [0.25, 0.3) is 0 Å². The van der Waals surface area contributed by atoms with Gasteiger partial charge in [-0.1, -0.05) is 13.8 Å². The zero-order chi connectivity index (χ0) is 47.6. The highest BCUT2D eigenvalue weighted by molar-refractivity contribution is 7.54. The molecule has 0 amide bonds. The summed E-state index contributed by atoms with van der Waals surface area (Å²) in [4.78, 5) is 138. The third-order valence-electron chi connectivity index (χ3n) is 6.42. The molecule has 3 atom stereocenters. The van der Waals surface area contributed by atoms with Crippen LogP contribution in [0.4, 0.5) is 0 Å². The first-order chi connectivity index (χ1) is 26.6. The molecule has 30 nitrogen and oxygen atoms in total. The van der Waals surface area contributed by atoms with Crippen molar-refractivity contribution in [3.63, 3.8) is 0 Å². The summed E-state index contributed by atoms with van der Waals surface area (Å²) in [7, 11) is -34.8. The van der Waals surface area contributed by atoms with E-state index >= 15 is 0 Å². The van der Waals surface area contributed by atoms with Crippen molar-refractivity contribution in [2.75, 3.05) is 103 Å². The first-order valence-corrected chi connectivity index (χ1v) is 31.3. The Morgan fingerprint density at radius 2 is 1.00 bits per heavy atom. The van der Waals surface area contributed by atoms with Gasteiger partial charge in [-0.25, -0.2) is 0 Å². The molecule has 1 aliphatic heterocycles. The lowest BCUT2D eigenvalue weighted by Gasteiger charge is -2.29. The van der Waals surface area contributed by atoms with Crippen LogP contribution in [0.2, 0.25) is 0 Å². The van der Waals surface area contributed by atoms with Gasteiger partial charge in [0.25, 0.3) is 0 Å². The van der Waals surface area contributed by atoms with Crippen LogP contribution in [0, 0.1) is 5.92 Å². The lowest BCUT2D eigenvalue weighted by atomic mass is 10.2. The molecule has 1 heterocycles. The number of rotatable bonds is 26. The Morgan fingerprint density at radius 3 is 1.35 bits per heavy atom. The van der Waals surface area contributed by atoms with Crippen LogP contribution in [-0.2, 0) is 50.5 Å². The Kier molecular flexibility index (Phi) is 29.0. The molecule has 60 heavy (non-hydrogen) atoms. The highest BCUT2D eigenvalue weighted by Gasteiger charge is 2.32. The van der Waals surface area contributed by atoms with Crippen molar-refractivity contribution in [1.82, 2.24) is 19.6 Å². The van der Waals surface area contributed by atoms with Crippen molar-refractivity contribution in [2.45, 2.75) is 33.3 Å². The second-order valence-corrected chi connectivity index (χ2v) is 26.7. The van der Waals surface area contributed by atoms with Crippen LogP contribution in [0.1, 0.15) is 27.2 Å². The van der Waals surface area contributed by atoms with E-state index < -0.39 is 117 Å². The molecule has 0 bridgehead atoms. The summed E-state index contributed by atoms with van der Waals surface area (Å²) in [5.41, 5.74) is 0. The summed E-state index contributed by atoms with van der Waals surface area (Å²) >= 11 is 0. The molecule has 3 unspecified atom stereocenters. The molecule has 0 radical (unpaired) electrons. The molecule has 364 valence electrons. The van der Waals surface area contributed by atoms with Crippen molar-refractivity contribution < 1.29 is 124 Å². The van der Waals surface area contributed by atoms with Gasteiger partial charge in [-0.2, -0.15) is 0 Å². The number of hydrogen-bond donors (Lipinski definition) is 15. The average molecular weight is 1040 g/mol. The van der Waals surface area contributed by atoms with Gasteiger partial charge in [-0.3, -0.25) is 56.1 Å². The number of nitrogens with zero attached hydrogens (tertiary/aromatic N) is 4. The van der Waals surface area contributed by atoms with Crippen molar-refractivity contribution in [3.8, 4) is 0 Å². The minimum atomic E-state index is -4.59. The van der Waals surface area contributed by atoms with Gasteiger partial charge in [0, 0.05) is 32.8 Å². The van der Waals surface area contributed by atoms with Gasteiger partial charge >= 0.3 is 60.8 Å². The van der Waals surface area contributed by atoms with Gasteiger partial charge in [0.1, 0.15) is 50.3 Å². The molecular weight excluding hydrogens is 984 g/mol. The lowest BCUT2D eigenvalue weighted by molar-refractivity contribution is 0.0195. The van der Waals surface area contributed by atoms with Crippen LogP contribution >= 0.6 is 60.8 Å². The smallest absolute Gasteiger partial charge is 0.342 e. The molecule has 15 N–H and O–H groups in total. The molecule has 38 heteroatoms. The first-order valence-electron chi connectivity index (χ1n) is 16.9. The van der Waals surface area contributed by atoms with Crippen LogP contribution in [-0.4, -0.2) is 202 Å². The van der Waals surface area contributed by atoms with E-state index in [1.807, 2.05) is 6.92 Å². The normalized spacial score (nSPS) is 18.8. The molecule has 1 rings (SSSR count). The summed E-state index contributed by atoms with van der Waals surface area (Å²) in [5.74, 6) is -0.456. The van der Waals surface area contributed by atoms with Crippen molar-refractivity contribution >= 4 is 60.8 Å². The molecule has 1 fully saturated rings. The van der Waals surface area contributed by atoms with Gasteiger partial charge in [0.15, 0.2) is 0 Å². The van der Waals surface area contributed by atoms with Gasteiger partial charge in [-0.05, 0) is 19.3 Å². The Morgan fingerprint density at radius 1 is 0.617 bits per heavy atom. The summed E-state index contributed by atoms with van der Waals surface area (Å²) in [6, 6.07) is 0. The second kappa shape index (κ2) is 27.6. The Hall–Kier alpha value is 0.960. The molecule has 0 saturated carbocycles. The molecule has 0 spiro atoms. The lowest BCUT2D eigenvalue weighted by Crippen LogP contribution is -2.36. The first kappa shape index (κ1) is 63.0. The minimum Gasteiger partial charge on any atom is -0.380 e. The van der Waals surface area contributed by atoms with E-state index in [9.17, 15) is 36.5 Å². The Labute approximate surface area is 345 Å². The van der Waals surface area contributed by atoms with E-state index in [-0.39, 0.29) is 52.3 Å². The predicted octanol–water partition coefficient (Wildman–Crippen LogP) is -1.25. The summed E-state index contributed by atoms with van der Waals surface area (Å²) < 4.78 is 103. The van der Waals surface area contributed by atoms with Crippen molar-refractivity contribution in [1.29, 1.82) is 0 Å². The van der Waals surface area contributed by atoms with Gasteiger partial charge in [-0.15, -0.1) is 0 Å². The quantitative estimate of drug-likeness (QED) is 0.0356. The standard InChI is InChI=1S/C11H30N2O13P4.C7H19NO7P2.C4H11NO6P2/c1-10(3-12(6-27(14,15)16)7-28(17,18)19)5-26-11(2)4-13(8-29(20,21)22)9-30(23,24)25;1-2-4-15-5-3-8(6-16(9,10)11)7-17(12,13)14;6-12(7,8)3-5-1-2-11-13(9,10)4-5/h10-11H,3-9H2,1-2H3,(H2,14,15,16)(H2,17,18,19)(H2,20,21,22)(H2,23,24,25);2-7H2,1H3,(H2,9,10,11)(H2,12,13,14);1-4H2,(H,9,10)(H2,6,7,8). The van der Waals surface area contributed by atoms with Crippen LogP contribution < -0.4 is 0 Å².